The van der Waals surface area contributed by atoms with Crippen LogP contribution in [0.4, 0.5) is 0 Å². The molecule has 0 bridgehead atoms. The Balaban J connectivity index is 2.33. The van der Waals surface area contributed by atoms with Crippen molar-refractivity contribution in [2.24, 2.45) is 11.8 Å². The van der Waals surface area contributed by atoms with Crippen molar-refractivity contribution in [1.29, 1.82) is 0 Å². The molecule has 0 spiro atoms. The number of hydrogen-bond donors (Lipinski definition) is 1. The monoisotopic (exact) mass is 215 g/mol. The van der Waals surface area contributed by atoms with E-state index in [1.54, 1.807) is 0 Å². The Morgan fingerprint density at radius 3 is 2.80 bits per heavy atom. The second-order valence-electron chi connectivity index (χ2n) is 4.38. The second kappa shape index (κ2) is 6.08. The minimum atomic E-state index is -0.199. The smallest absolute Gasteiger partial charge is 0.323 e. The van der Waals surface area contributed by atoms with Crippen LogP contribution in [0.25, 0.3) is 0 Å². The molecule has 1 fully saturated rings. The highest BCUT2D eigenvalue weighted by Gasteiger charge is 2.24. The summed E-state index contributed by atoms with van der Waals surface area (Å²) >= 11 is 0. The van der Waals surface area contributed by atoms with E-state index >= 15 is 0 Å². The van der Waals surface area contributed by atoms with Gasteiger partial charge in [-0.2, -0.15) is 0 Å². The fraction of sp³-hybridized carbons (Fsp3) is 0.909. The standard InChI is InChI=1S/C11H21NO3/c1-8(2)10(11(13)14-3)12-6-9-4-5-15-7-9/h8-10,12H,4-7H2,1-3H3. The highest BCUT2D eigenvalue weighted by Crippen LogP contribution is 2.12. The van der Waals surface area contributed by atoms with Crippen LogP contribution in [0.2, 0.25) is 0 Å². The summed E-state index contributed by atoms with van der Waals surface area (Å²) in [6.45, 7) is 6.51. The Morgan fingerprint density at radius 2 is 2.33 bits per heavy atom. The summed E-state index contributed by atoms with van der Waals surface area (Å²) < 4.78 is 10.0. The predicted molar refractivity (Wildman–Crippen MR) is 57.6 cm³/mol. The lowest BCUT2D eigenvalue weighted by atomic mass is 10.0. The topological polar surface area (TPSA) is 47.6 Å². The van der Waals surface area contributed by atoms with Crippen molar-refractivity contribution < 1.29 is 14.3 Å². The normalized spacial score (nSPS) is 23.1. The van der Waals surface area contributed by atoms with Gasteiger partial charge in [-0.1, -0.05) is 13.8 Å². The molecule has 1 rings (SSSR count). The van der Waals surface area contributed by atoms with Crippen molar-refractivity contribution in [2.45, 2.75) is 26.3 Å². The summed E-state index contributed by atoms with van der Waals surface area (Å²) in [5.41, 5.74) is 0. The Morgan fingerprint density at radius 1 is 1.60 bits per heavy atom. The molecular formula is C11H21NO3. The molecular weight excluding hydrogens is 194 g/mol. The average molecular weight is 215 g/mol. The third-order valence-electron chi connectivity index (χ3n) is 2.77. The summed E-state index contributed by atoms with van der Waals surface area (Å²) in [6, 6.07) is -0.199. The van der Waals surface area contributed by atoms with Crippen LogP contribution in [-0.2, 0) is 14.3 Å². The van der Waals surface area contributed by atoms with Gasteiger partial charge in [0, 0.05) is 13.2 Å². The van der Waals surface area contributed by atoms with Gasteiger partial charge in [0.25, 0.3) is 0 Å². The van der Waals surface area contributed by atoms with E-state index in [2.05, 4.69) is 5.32 Å². The molecule has 0 saturated carbocycles. The molecule has 4 heteroatoms. The number of esters is 1. The van der Waals surface area contributed by atoms with E-state index in [1.807, 2.05) is 13.8 Å². The van der Waals surface area contributed by atoms with E-state index in [4.69, 9.17) is 9.47 Å². The fourth-order valence-electron chi connectivity index (χ4n) is 1.76. The number of hydrogen-bond acceptors (Lipinski definition) is 4. The minimum Gasteiger partial charge on any atom is -0.468 e. The van der Waals surface area contributed by atoms with E-state index in [0.717, 1.165) is 26.2 Å². The van der Waals surface area contributed by atoms with Gasteiger partial charge < -0.3 is 14.8 Å². The summed E-state index contributed by atoms with van der Waals surface area (Å²) in [7, 11) is 1.43. The highest BCUT2D eigenvalue weighted by atomic mass is 16.5. The number of ether oxygens (including phenoxy) is 2. The molecule has 2 atom stereocenters. The van der Waals surface area contributed by atoms with Crippen molar-refractivity contribution in [1.82, 2.24) is 5.32 Å². The zero-order valence-electron chi connectivity index (χ0n) is 9.79. The van der Waals surface area contributed by atoms with E-state index in [-0.39, 0.29) is 17.9 Å². The summed E-state index contributed by atoms with van der Waals surface area (Å²) in [4.78, 5) is 11.4. The Kier molecular flexibility index (Phi) is 5.05. The predicted octanol–water partition coefficient (Wildman–Crippen LogP) is 0.810. The number of methoxy groups -OCH3 is 1. The van der Waals surface area contributed by atoms with E-state index in [9.17, 15) is 4.79 Å². The molecule has 1 saturated heterocycles. The van der Waals surface area contributed by atoms with E-state index < -0.39 is 0 Å². The molecule has 0 aromatic rings. The lowest BCUT2D eigenvalue weighted by molar-refractivity contribution is -0.144. The Bertz CT molecular complexity index is 200. The van der Waals surface area contributed by atoms with Crippen molar-refractivity contribution >= 4 is 5.97 Å². The van der Waals surface area contributed by atoms with Crippen LogP contribution >= 0.6 is 0 Å². The average Bonchev–Trinajstić information content (AvgIpc) is 2.70. The first-order chi connectivity index (χ1) is 7.15. The van der Waals surface area contributed by atoms with Crippen molar-refractivity contribution in [3.8, 4) is 0 Å². The van der Waals surface area contributed by atoms with Gasteiger partial charge in [-0.15, -0.1) is 0 Å². The van der Waals surface area contributed by atoms with Crippen LogP contribution in [-0.4, -0.2) is 38.9 Å². The quantitative estimate of drug-likeness (QED) is 0.689. The summed E-state index contributed by atoms with van der Waals surface area (Å²) in [5, 5.41) is 3.26. The third kappa shape index (κ3) is 3.80. The van der Waals surface area contributed by atoms with Gasteiger partial charge in [0.2, 0.25) is 0 Å². The molecule has 1 aliphatic rings. The van der Waals surface area contributed by atoms with Crippen LogP contribution in [0.15, 0.2) is 0 Å². The molecule has 4 nitrogen and oxygen atoms in total. The first-order valence-corrected chi connectivity index (χ1v) is 5.54. The largest absolute Gasteiger partial charge is 0.468 e. The number of carbonyl (C=O) groups is 1. The summed E-state index contributed by atoms with van der Waals surface area (Å²) in [6.07, 6.45) is 1.08. The molecule has 15 heavy (non-hydrogen) atoms. The number of rotatable bonds is 5. The van der Waals surface area contributed by atoms with E-state index in [1.165, 1.54) is 7.11 Å². The maximum absolute atomic E-state index is 11.4. The molecule has 1 heterocycles. The van der Waals surface area contributed by atoms with Crippen molar-refractivity contribution in [3.05, 3.63) is 0 Å². The van der Waals surface area contributed by atoms with Gasteiger partial charge in [-0.05, 0) is 18.3 Å². The number of carbonyl (C=O) groups excluding carboxylic acids is 1. The Hall–Kier alpha value is -0.610. The number of nitrogens with one attached hydrogen (secondary N) is 1. The van der Waals surface area contributed by atoms with Gasteiger partial charge in [0.05, 0.1) is 13.7 Å². The highest BCUT2D eigenvalue weighted by molar-refractivity contribution is 5.75. The van der Waals surface area contributed by atoms with E-state index in [0.29, 0.717) is 5.92 Å². The van der Waals surface area contributed by atoms with Crippen LogP contribution in [0.1, 0.15) is 20.3 Å². The lowest BCUT2D eigenvalue weighted by Gasteiger charge is -2.21. The molecule has 0 aliphatic carbocycles. The zero-order chi connectivity index (χ0) is 11.3. The third-order valence-corrected chi connectivity index (χ3v) is 2.77. The first kappa shape index (κ1) is 12.5. The molecule has 0 aromatic carbocycles. The maximum atomic E-state index is 11.4. The lowest BCUT2D eigenvalue weighted by Crippen LogP contribution is -2.43. The van der Waals surface area contributed by atoms with Gasteiger partial charge in [-0.25, -0.2) is 0 Å². The van der Waals surface area contributed by atoms with Crippen LogP contribution in [0.3, 0.4) is 0 Å². The Labute approximate surface area is 91.3 Å². The van der Waals surface area contributed by atoms with Gasteiger partial charge in [0.15, 0.2) is 0 Å². The van der Waals surface area contributed by atoms with Crippen molar-refractivity contribution in [2.75, 3.05) is 26.9 Å². The first-order valence-electron chi connectivity index (χ1n) is 5.54. The van der Waals surface area contributed by atoms with Crippen LogP contribution < -0.4 is 5.32 Å². The van der Waals surface area contributed by atoms with Crippen LogP contribution in [0, 0.1) is 11.8 Å². The molecule has 0 radical (unpaired) electrons. The molecule has 2 unspecified atom stereocenters. The van der Waals surface area contributed by atoms with Crippen LogP contribution in [0.5, 0.6) is 0 Å². The minimum absolute atomic E-state index is 0.177. The SMILES string of the molecule is COC(=O)C(NCC1CCOC1)C(C)C. The molecule has 0 amide bonds. The van der Waals surface area contributed by atoms with Gasteiger partial charge in [0.1, 0.15) is 6.04 Å². The second-order valence-corrected chi connectivity index (χ2v) is 4.38. The van der Waals surface area contributed by atoms with Crippen molar-refractivity contribution in [3.63, 3.8) is 0 Å². The fourth-order valence-corrected chi connectivity index (χ4v) is 1.76. The van der Waals surface area contributed by atoms with Gasteiger partial charge >= 0.3 is 5.97 Å². The zero-order valence-corrected chi connectivity index (χ0v) is 9.79. The molecule has 1 aliphatic heterocycles. The molecule has 88 valence electrons. The molecule has 1 N–H and O–H groups in total. The summed E-state index contributed by atoms with van der Waals surface area (Å²) in [5.74, 6) is 0.611. The van der Waals surface area contributed by atoms with Gasteiger partial charge in [-0.3, -0.25) is 4.79 Å². The molecule has 0 aromatic heterocycles. The maximum Gasteiger partial charge on any atom is 0.323 e.